The van der Waals surface area contributed by atoms with E-state index in [0.29, 0.717) is 30.9 Å². The summed E-state index contributed by atoms with van der Waals surface area (Å²) in [6.45, 7) is 1.66. The van der Waals surface area contributed by atoms with E-state index in [1.807, 2.05) is 24.3 Å². The number of benzene rings is 2. The third-order valence-corrected chi connectivity index (χ3v) is 3.40. The van der Waals surface area contributed by atoms with Gasteiger partial charge in [-0.15, -0.1) is 0 Å². The molecular weight excluding hydrogens is 252 g/mol. The molecule has 1 aliphatic rings. The highest BCUT2D eigenvalue weighted by Gasteiger charge is 2.20. The summed E-state index contributed by atoms with van der Waals surface area (Å²) in [7, 11) is 0. The zero-order valence-electron chi connectivity index (χ0n) is 11.1. The molecule has 4 heteroatoms. The zero-order valence-corrected chi connectivity index (χ0v) is 11.1. The second kappa shape index (κ2) is 5.25. The molecule has 0 radical (unpaired) electrons. The fourth-order valence-corrected chi connectivity index (χ4v) is 2.31. The lowest BCUT2D eigenvalue weighted by Gasteiger charge is -2.19. The van der Waals surface area contributed by atoms with Crippen LogP contribution in [0.25, 0.3) is 0 Å². The van der Waals surface area contributed by atoms with Gasteiger partial charge < -0.3 is 15.4 Å². The third-order valence-electron chi connectivity index (χ3n) is 3.40. The van der Waals surface area contributed by atoms with E-state index in [9.17, 15) is 4.79 Å². The van der Waals surface area contributed by atoms with Gasteiger partial charge >= 0.3 is 0 Å². The number of nitrogens with two attached hydrogens (primary N) is 1. The van der Waals surface area contributed by atoms with Crippen molar-refractivity contribution in [3.63, 3.8) is 0 Å². The summed E-state index contributed by atoms with van der Waals surface area (Å²) < 4.78 is 5.67. The second-order valence-corrected chi connectivity index (χ2v) is 4.80. The smallest absolute Gasteiger partial charge is 0.254 e. The van der Waals surface area contributed by atoms with Gasteiger partial charge in [-0.3, -0.25) is 4.79 Å². The Morgan fingerprint density at radius 1 is 1.10 bits per heavy atom. The van der Waals surface area contributed by atoms with Gasteiger partial charge in [-0.2, -0.15) is 0 Å². The van der Waals surface area contributed by atoms with E-state index >= 15 is 0 Å². The first-order valence-electron chi connectivity index (χ1n) is 6.59. The van der Waals surface area contributed by atoms with Gasteiger partial charge in [0.1, 0.15) is 12.4 Å². The summed E-state index contributed by atoms with van der Waals surface area (Å²) in [4.78, 5) is 14.3. The number of fused-ring (bicyclic) bond motifs is 1. The van der Waals surface area contributed by atoms with E-state index in [-0.39, 0.29) is 5.91 Å². The molecule has 0 unspecified atom stereocenters. The highest BCUT2D eigenvalue weighted by Crippen LogP contribution is 2.23. The molecule has 0 aromatic heterocycles. The van der Waals surface area contributed by atoms with Crippen LogP contribution in [0.5, 0.6) is 5.75 Å². The van der Waals surface area contributed by atoms with Crippen molar-refractivity contribution in [3.05, 3.63) is 59.7 Å². The van der Waals surface area contributed by atoms with Crippen LogP contribution in [0.2, 0.25) is 0 Å². The molecule has 3 rings (SSSR count). The van der Waals surface area contributed by atoms with Gasteiger partial charge in [0.05, 0.1) is 6.54 Å². The molecule has 2 aromatic rings. The Kier molecular flexibility index (Phi) is 3.29. The van der Waals surface area contributed by atoms with Crippen LogP contribution in [0, 0.1) is 0 Å². The summed E-state index contributed by atoms with van der Waals surface area (Å²) >= 11 is 0. The maximum absolute atomic E-state index is 12.5. The van der Waals surface area contributed by atoms with Gasteiger partial charge in [0.25, 0.3) is 5.91 Å². The monoisotopic (exact) mass is 268 g/mol. The SMILES string of the molecule is Nc1ccc(C(=O)N2CCOc3ccccc3C2)cc1. The first-order valence-corrected chi connectivity index (χ1v) is 6.59. The van der Waals surface area contributed by atoms with Gasteiger partial charge in [-0.1, -0.05) is 18.2 Å². The van der Waals surface area contributed by atoms with Crippen molar-refractivity contribution >= 4 is 11.6 Å². The standard InChI is InChI=1S/C16H16N2O2/c17-14-7-5-12(6-8-14)16(19)18-9-10-20-15-4-2-1-3-13(15)11-18/h1-8H,9-11,17H2. The van der Waals surface area contributed by atoms with E-state index < -0.39 is 0 Å². The predicted octanol–water partition coefficient (Wildman–Crippen LogP) is 2.30. The molecule has 2 N–H and O–H groups in total. The minimum atomic E-state index is 0.00491. The van der Waals surface area contributed by atoms with Crippen LogP contribution in [-0.2, 0) is 6.54 Å². The Balaban J connectivity index is 1.84. The van der Waals surface area contributed by atoms with Crippen LogP contribution in [0.1, 0.15) is 15.9 Å². The summed E-state index contributed by atoms with van der Waals surface area (Å²) in [6, 6.07) is 14.8. The van der Waals surface area contributed by atoms with Crippen molar-refractivity contribution in [1.29, 1.82) is 0 Å². The lowest BCUT2D eigenvalue weighted by molar-refractivity contribution is 0.0733. The lowest BCUT2D eigenvalue weighted by Crippen LogP contribution is -2.32. The molecule has 0 saturated carbocycles. The first kappa shape index (κ1) is 12.5. The number of carbonyl (C=O) groups is 1. The molecule has 20 heavy (non-hydrogen) atoms. The van der Waals surface area contributed by atoms with E-state index in [2.05, 4.69) is 0 Å². The number of nitrogen functional groups attached to an aromatic ring is 1. The number of ether oxygens (including phenoxy) is 1. The van der Waals surface area contributed by atoms with Gasteiger partial charge in [0.15, 0.2) is 0 Å². The molecular formula is C16H16N2O2. The Morgan fingerprint density at radius 3 is 2.65 bits per heavy atom. The van der Waals surface area contributed by atoms with Crippen LogP contribution in [0.3, 0.4) is 0 Å². The molecule has 1 aliphatic heterocycles. The van der Waals surface area contributed by atoms with E-state index in [4.69, 9.17) is 10.5 Å². The number of rotatable bonds is 1. The Labute approximate surface area is 117 Å². The molecule has 1 heterocycles. The number of carbonyl (C=O) groups excluding carboxylic acids is 1. The topological polar surface area (TPSA) is 55.6 Å². The molecule has 0 aliphatic carbocycles. The minimum absolute atomic E-state index is 0.00491. The second-order valence-electron chi connectivity index (χ2n) is 4.80. The van der Waals surface area contributed by atoms with Crippen molar-refractivity contribution in [3.8, 4) is 5.75 Å². The van der Waals surface area contributed by atoms with E-state index in [1.165, 1.54) is 0 Å². The van der Waals surface area contributed by atoms with Crippen LogP contribution < -0.4 is 10.5 Å². The van der Waals surface area contributed by atoms with E-state index in [0.717, 1.165) is 11.3 Å². The fourth-order valence-electron chi connectivity index (χ4n) is 2.31. The number of hydrogen-bond donors (Lipinski definition) is 1. The molecule has 0 spiro atoms. The van der Waals surface area contributed by atoms with Gasteiger partial charge in [0.2, 0.25) is 0 Å². The Morgan fingerprint density at radius 2 is 1.85 bits per heavy atom. The maximum Gasteiger partial charge on any atom is 0.254 e. The Bertz CT molecular complexity index is 623. The number of nitrogens with zero attached hydrogens (tertiary/aromatic N) is 1. The first-order chi connectivity index (χ1) is 9.74. The van der Waals surface area contributed by atoms with Crippen molar-refractivity contribution in [2.45, 2.75) is 6.54 Å². The summed E-state index contributed by atoms with van der Waals surface area (Å²) in [5.74, 6) is 0.866. The van der Waals surface area contributed by atoms with Crippen molar-refractivity contribution in [2.75, 3.05) is 18.9 Å². The summed E-state index contributed by atoms with van der Waals surface area (Å²) in [5, 5.41) is 0. The maximum atomic E-state index is 12.5. The van der Waals surface area contributed by atoms with Crippen molar-refractivity contribution in [1.82, 2.24) is 4.90 Å². The van der Waals surface area contributed by atoms with Gasteiger partial charge in [-0.25, -0.2) is 0 Å². The number of para-hydroxylation sites is 1. The molecule has 1 amide bonds. The quantitative estimate of drug-likeness (QED) is 0.807. The summed E-state index contributed by atoms with van der Waals surface area (Å²) in [6.07, 6.45) is 0. The van der Waals surface area contributed by atoms with Crippen LogP contribution in [0.4, 0.5) is 5.69 Å². The molecule has 2 aromatic carbocycles. The molecule has 102 valence electrons. The predicted molar refractivity (Wildman–Crippen MR) is 77.5 cm³/mol. The lowest BCUT2D eigenvalue weighted by atomic mass is 10.1. The fraction of sp³-hybridized carbons (Fsp3) is 0.188. The number of amides is 1. The van der Waals surface area contributed by atoms with Crippen LogP contribution in [0.15, 0.2) is 48.5 Å². The molecule has 0 bridgehead atoms. The van der Waals surface area contributed by atoms with Crippen molar-refractivity contribution in [2.24, 2.45) is 0 Å². The molecule has 4 nitrogen and oxygen atoms in total. The van der Waals surface area contributed by atoms with E-state index in [1.54, 1.807) is 29.2 Å². The summed E-state index contributed by atoms with van der Waals surface area (Å²) in [5.41, 5.74) is 7.99. The van der Waals surface area contributed by atoms with Gasteiger partial charge in [-0.05, 0) is 30.3 Å². The third kappa shape index (κ3) is 2.45. The highest BCUT2D eigenvalue weighted by molar-refractivity contribution is 5.94. The van der Waals surface area contributed by atoms with Crippen molar-refractivity contribution < 1.29 is 9.53 Å². The minimum Gasteiger partial charge on any atom is -0.491 e. The average Bonchev–Trinajstić information content (AvgIpc) is 2.69. The Hall–Kier alpha value is -2.49. The molecule has 0 atom stereocenters. The number of anilines is 1. The zero-order chi connectivity index (χ0) is 13.9. The highest BCUT2D eigenvalue weighted by atomic mass is 16.5. The average molecular weight is 268 g/mol. The normalized spacial score (nSPS) is 14.1. The van der Waals surface area contributed by atoms with Crippen LogP contribution >= 0.6 is 0 Å². The molecule has 0 fully saturated rings. The van der Waals surface area contributed by atoms with Crippen LogP contribution in [-0.4, -0.2) is 24.0 Å². The number of hydrogen-bond acceptors (Lipinski definition) is 3. The molecule has 0 saturated heterocycles. The largest absolute Gasteiger partial charge is 0.491 e. The van der Waals surface area contributed by atoms with Gasteiger partial charge in [0, 0.05) is 23.4 Å².